The fraction of sp³-hybridized carbons (Fsp3) is 0.412. The summed E-state index contributed by atoms with van der Waals surface area (Å²) in [4.78, 5) is 16.2. The van der Waals surface area contributed by atoms with Gasteiger partial charge in [-0.3, -0.25) is 9.78 Å². The van der Waals surface area contributed by atoms with Crippen molar-refractivity contribution in [2.45, 2.75) is 46.0 Å². The number of benzene rings is 1. The van der Waals surface area contributed by atoms with Gasteiger partial charge in [-0.2, -0.15) is 0 Å². The molecule has 0 unspecified atom stereocenters. The van der Waals surface area contributed by atoms with Crippen LogP contribution in [0.5, 0.6) is 0 Å². The van der Waals surface area contributed by atoms with Crippen LogP contribution < -0.4 is 0 Å². The predicted octanol–water partition coefficient (Wildman–Crippen LogP) is 4.13. The first-order chi connectivity index (χ1) is 9.87. The van der Waals surface area contributed by atoms with Gasteiger partial charge in [0.05, 0.1) is 10.9 Å². The van der Waals surface area contributed by atoms with Crippen molar-refractivity contribution in [3.63, 3.8) is 0 Å². The first-order valence-electron chi connectivity index (χ1n) is 7.16. The van der Waals surface area contributed by atoms with Crippen molar-refractivity contribution in [3.8, 4) is 0 Å². The van der Waals surface area contributed by atoms with Crippen LogP contribution in [0.4, 0.5) is 4.39 Å². The van der Waals surface area contributed by atoms with E-state index >= 15 is 0 Å². The van der Waals surface area contributed by atoms with E-state index < -0.39 is 11.4 Å². The molecule has 3 nitrogen and oxygen atoms in total. The number of pyridine rings is 1. The van der Waals surface area contributed by atoms with Crippen molar-refractivity contribution >= 4 is 16.9 Å². The Balaban J connectivity index is 2.93. The summed E-state index contributed by atoms with van der Waals surface area (Å²) in [6, 6.07) is 3.09. The number of hydrogen-bond acceptors (Lipinski definition) is 2. The summed E-state index contributed by atoms with van der Waals surface area (Å²) < 4.78 is 14.0. The molecule has 1 N–H and O–H groups in total. The van der Waals surface area contributed by atoms with E-state index in [0.29, 0.717) is 34.9 Å². The molecule has 1 aromatic carbocycles. The van der Waals surface area contributed by atoms with Crippen LogP contribution in [0.1, 0.15) is 43.4 Å². The molecular weight excluding hydrogens is 269 g/mol. The van der Waals surface area contributed by atoms with Crippen LogP contribution in [0.2, 0.25) is 0 Å². The molecule has 0 radical (unpaired) electrons. The van der Waals surface area contributed by atoms with E-state index in [4.69, 9.17) is 0 Å². The lowest BCUT2D eigenvalue weighted by Gasteiger charge is -2.30. The van der Waals surface area contributed by atoms with E-state index in [1.807, 2.05) is 20.8 Å². The lowest BCUT2D eigenvalue weighted by Crippen LogP contribution is -2.35. The molecule has 0 saturated heterocycles. The maximum atomic E-state index is 14.0. The van der Waals surface area contributed by atoms with Crippen LogP contribution in [-0.4, -0.2) is 16.1 Å². The molecule has 0 aliphatic rings. The number of nitrogens with zero attached hydrogens (tertiary/aromatic N) is 1. The second kappa shape index (κ2) is 5.43. The highest BCUT2D eigenvalue weighted by molar-refractivity contribution is 5.92. The Hall–Kier alpha value is -1.97. The molecule has 0 fully saturated rings. The zero-order valence-electron chi connectivity index (χ0n) is 12.8. The summed E-state index contributed by atoms with van der Waals surface area (Å²) in [6.07, 6.45) is 2.58. The van der Waals surface area contributed by atoms with Crippen LogP contribution in [0.15, 0.2) is 18.3 Å². The highest BCUT2D eigenvalue weighted by atomic mass is 19.1. The second-order valence-electron chi connectivity index (χ2n) is 5.53. The fourth-order valence-electron chi connectivity index (χ4n) is 3.06. The van der Waals surface area contributed by atoms with Crippen molar-refractivity contribution < 1.29 is 14.3 Å². The largest absolute Gasteiger partial charge is 0.481 e. The molecule has 4 heteroatoms. The van der Waals surface area contributed by atoms with Crippen LogP contribution in [0.3, 0.4) is 0 Å². The Bertz CT molecular complexity index is 705. The van der Waals surface area contributed by atoms with Gasteiger partial charge in [-0.05, 0) is 55.5 Å². The molecule has 0 aliphatic carbocycles. The smallest absolute Gasteiger partial charge is 0.314 e. The number of aliphatic carboxylic acids is 1. The number of halogens is 1. The minimum Gasteiger partial charge on any atom is -0.481 e. The van der Waals surface area contributed by atoms with Gasteiger partial charge in [-0.15, -0.1) is 0 Å². The topological polar surface area (TPSA) is 50.2 Å². The van der Waals surface area contributed by atoms with Crippen LogP contribution in [0, 0.1) is 19.7 Å². The van der Waals surface area contributed by atoms with E-state index in [2.05, 4.69) is 4.98 Å². The standard InChI is InChI=1S/C17H20FNO2/c1-5-17(6-2,16(20)21)15-11(4)9-19-14-7-10(3)13(18)8-12(14)15/h7-9H,5-6H2,1-4H3,(H,20,21). The Labute approximate surface area is 123 Å². The number of fused-ring (bicyclic) bond motifs is 1. The number of rotatable bonds is 4. The number of hydrogen-bond donors (Lipinski definition) is 1. The zero-order valence-corrected chi connectivity index (χ0v) is 12.8. The van der Waals surface area contributed by atoms with Gasteiger partial charge in [0.25, 0.3) is 0 Å². The molecule has 0 amide bonds. The minimum atomic E-state index is -1.01. The number of carboxylic acids is 1. The normalized spacial score (nSPS) is 11.9. The van der Waals surface area contributed by atoms with Crippen molar-refractivity contribution in [3.05, 3.63) is 40.8 Å². The Morgan fingerprint density at radius 2 is 1.86 bits per heavy atom. The predicted molar refractivity (Wildman–Crippen MR) is 81.1 cm³/mol. The van der Waals surface area contributed by atoms with Crippen LogP contribution in [-0.2, 0) is 10.2 Å². The molecule has 2 rings (SSSR count). The summed E-state index contributed by atoms with van der Waals surface area (Å²) in [5.41, 5.74) is 1.62. The summed E-state index contributed by atoms with van der Waals surface area (Å²) in [7, 11) is 0. The van der Waals surface area contributed by atoms with Crippen molar-refractivity contribution in [2.24, 2.45) is 0 Å². The first kappa shape index (κ1) is 15.4. The third kappa shape index (κ3) is 2.28. The third-order valence-corrected chi connectivity index (χ3v) is 4.43. The quantitative estimate of drug-likeness (QED) is 0.920. The number of aryl methyl sites for hydroxylation is 2. The monoisotopic (exact) mass is 289 g/mol. The molecule has 0 aliphatic heterocycles. The summed E-state index contributed by atoms with van der Waals surface area (Å²) in [5, 5.41) is 10.4. The average molecular weight is 289 g/mol. The van der Waals surface area contributed by atoms with Gasteiger partial charge in [0, 0.05) is 11.6 Å². The van der Waals surface area contributed by atoms with Crippen molar-refractivity contribution in [1.29, 1.82) is 0 Å². The number of aromatic nitrogens is 1. The van der Waals surface area contributed by atoms with Gasteiger partial charge in [-0.25, -0.2) is 4.39 Å². The maximum absolute atomic E-state index is 14.0. The second-order valence-corrected chi connectivity index (χ2v) is 5.53. The highest BCUT2D eigenvalue weighted by Crippen LogP contribution is 2.38. The molecule has 1 aromatic heterocycles. The van der Waals surface area contributed by atoms with Crippen molar-refractivity contribution in [2.75, 3.05) is 0 Å². The van der Waals surface area contributed by atoms with Crippen LogP contribution in [0.25, 0.3) is 10.9 Å². The van der Waals surface area contributed by atoms with E-state index in [0.717, 1.165) is 5.56 Å². The van der Waals surface area contributed by atoms with Gasteiger partial charge >= 0.3 is 5.97 Å². The lowest BCUT2D eigenvalue weighted by molar-refractivity contribution is -0.144. The average Bonchev–Trinajstić information content (AvgIpc) is 2.44. The third-order valence-electron chi connectivity index (χ3n) is 4.43. The Morgan fingerprint density at radius 1 is 1.24 bits per heavy atom. The van der Waals surface area contributed by atoms with E-state index in [1.54, 1.807) is 19.2 Å². The molecule has 0 saturated carbocycles. The molecule has 2 aromatic rings. The van der Waals surface area contributed by atoms with Gasteiger partial charge in [0.15, 0.2) is 0 Å². The molecule has 0 spiro atoms. The minimum absolute atomic E-state index is 0.331. The molecule has 0 bridgehead atoms. The Kier molecular flexibility index (Phi) is 3.99. The van der Waals surface area contributed by atoms with Gasteiger partial charge in [-0.1, -0.05) is 13.8 Å². The lowest BCUT2D eigenvalue weighted by atomic mass is 9.73. The summed E-state index contributed by atoms with van der Waals surface area (Å²) >= 11 is 0. The SMILES string of the molecule is CCC(CC)(C(=O)O)c1c(C)cnc2cc(C)c(F)cc12. The Morgan fingerprint density at radius 3 is 2.38 bits per heavy atom. The van der Waals surface area contributed by atoms with E-state index in [9.17, 15) is 14.3 Å². The van der Waals surface area contributed by atoms with E-state index in [-0.39, 0.29) is 5.82 Å². The molecule has 112 valence electrons. The number of carbonyl (C=O) groups is 1. The van der Waals surface area contributed by atoms with Gasteiger partial charge in [0.2, 0.25) is 0 Å². The molecule has 1 heterocycles. The maximum Gasteiger partial charge on any atom is 0.314 e. The van der Waals surface area contributed by atoms with Crippen LogP contribution >= 0.6 is 0 Å². The molecular formula is C17H20FNO2. The van der Waals surface area contributed by atoms with Crippen molar-refractivity contribution in [1.82, 2.24) is 4.98 Å². The summed E-state index contributed by atoms with van der Waals surface area (Å²) in [6.45, 7) is 7.23. The van der Waals surface area contributed by atoms with Gasteiger partial charge in [0.1, 0.15) is 5.82 Å². The van der Waals surface area contributed by atoms with E-state index in [1.165, 1.54) is 6.07 Å². The zero-order chi connectivity index (χ0) is 15.8. The summed E-state index contributed by atoms with van der Waals surface area (Å²) in [5.74, 6) is -1.20. The first-order valence-corrected chi connectivity index (χ1v) is 7.16. The molecule has 21 heavy (non-hydrogen) atoms. The highest BCUT2D eigenvalue weighted by Gasteiger charge is 2.39. The molecule has 0 atom stereocenters. The fourth-order valence-corrected chi connectivity index (χ4v) is 3.06. The van der Waals surface area contributed by atoms with Gasteiger partial charge < -0.3 is 5.11 Å². The number of carboxylic acid groups (broad SMARTS) is 1.